The predicted molar refractivity (Wildman–Crippen MR) is 93.2 cm³/mol. The van der Waals surface area contributed by atoms with Crippen LogP contribution in [0.2, 0.25) is 0 Å². The van der Waals surface area contributed by atoms with Gasteiger partial charge in [0, 0.05) is 6.04 Å². The van der Waals surface area contributed by atoms with E-state index in [1.165, 1.54) is 0 Å². The van der Waals surface area contributed by atoms with Gasteiger partial charge in [-0.25, -0.2) is 8.42 Å². The van der Waals surface area contributed by atoms with Crippen LogP contribution in [0.1, 0.15) is 12.5 Å². The average Bonchev–Trinajstić information content (AvgIpc) is 2.90. The lowest BCUT2D eigenvalue weighted by Crippen LogP contribution is -2.35. The molecule has 3 aromatic carbocycles. The van der Waals surface area contributed by atoms with Crippen molar-refractivity contribution in [3.05, 3.63) is 72.3 Å². The molecule has 0 amide bonds. The minimum absolute atomic E-state index is 0.0659. The number of hydrogen-bond donors (Lipinski definition) is 0. The zero-order chi connectivity index (χ0) is 16.0. The largest absolute Gasteiger partial charge is 0.264 e. The maximum Gasteiger partial charge on any atom is 0.264 e. The standard InChI is InChI=1S/C19H17NO2S/c1-14-12-17-8-4-5-9-19(17)20(14)23(21,22)18-11-10-15-6-2-3-7-16(15)13-18/h2-11,13-14H,12H2,1H3/t14-/m0/s1. The lowest BCUT2D eigenvalue weighted by atomic mass is 10.1. The summed E-state index contributed by atoms with van der Waals surface area (Å²) in [5.41, 5.74) is 1.89. The minimum Gasteiger partial charge on any atom is -0.263 e. The van der Waals surface area contributed by atoms with Gasteiger partial charge in [-0.05, 0) is 47.9 Å². The van der Waals surface area contributed by atoms with Gasteiger partial charge in [0.1, 0.15) is 0 Å². The van der Waals surface area contributed by atoms with Crippen molar-refractivity contribution in [2.24, 2.45) is 0 Å². The first kappa shape index (κ1) is 14.3. The number of fused-ring (bicyclic) bond motifs is 2. The Morgan fingerprint density at radius 1 is 0.913 bits per heavy atom. The van der Waals surface area contributed by atoms with Crippen molar-refractivity contribution in [3.8, 4) is 0 Å². The van der Waals surface area contributed by atoms with E-state index in [1.54, 1.807) is 16.4 Å². The first-order valence-electron chi connectivity index (χ1n) is 7.68. The fourth-order valence-corrected chi connectivity index (χ4v) is 5.07. The smallest absolute Gasteiger partial charge is 0.263 e. The van der Waals surface area contributed by atoms with Gasteiger partial charge >= 0.3 is 0 Å². The molecule has 116 valence electrons. The van der Waals surface area contributed by atoms with Gasteiger partial charge in [-0.3, -0.25) is 4.31 Å². The molecule has 1 aliphatic heterocycles. The third-order valence-corrected chi connectivity index (χ3v) is 6.35. The van der Waals surface area contributed by atoms with Crippen LogP contribution in [-0.4, -0.2) is 14.5 Å². The summed E-state index contributed by atoms with van der Waals surface area (Å²) in [5.74, 6) is 0. The van der Waals surface area contributed by atoms with Gasteiger partial charge in [0.05, 0.1) is 10.6 Å². The normalized spacial score (nSPS) is 17.4. The topological polar surface area (TPSA) is 37.4 Å². The zero-order valence-electron chi connectivity index (χ0n) is 12.8. The quantitative estimate of drug-likeness (QED) is 0.715. The zero-order valence-corrected chi connectivity index (χ0v) is 13.6. The van der Waals surface area contributed by atoms with Crippen molar-refractivity contribution in [2.75, 3.05) is 4.31 Å². The number of sulfonamides is 1. The molecule has 1 aliphatic rings. The molecular formula is C19H17NO2S. The molecule has 3 aromatic rings. The van der Waals surface area contributed by atoms with Crippen molar-refractivity contribution in [3.63, 3.8) is 0 Å². The van der Waals surface area contributed by atoms with E-state index in [0.717, 1.165) is 28.4 Å². The molecule has 4 heteroatoms. The number of para-hydroxylation sites is 1. The number of hydrogen-bond acceptors (Lipinski definition) is 2. The molecule has 3 nitrogen and oxygen atoms in total. The molecule has 0 spiro atoms. The van der Waals surface area contributed by atoms with Crippen LogP contribution in [0.15, 0.2) is 71.6 Å². The molecule has 0 aliphatic carbocycles. The molecule has 1 heterocycles. The van der Waals surface area contributed by atoms with Crippen molar-refractivity contribution in [2.45, 2.75) is 24.3 Å². The Balaban J connectivity index is 1.86. The van der Waals surface area contributed by atoms with Gasteiger partial charge < -0.3 is 0 Å². The summed E-state index contributed by atoms with van der Waals surface area (Å²) < 4.78 is 27.9. The Morgan fingerprint density at radius 3 is 2.43 bits per heavy atom. The lowest BCUT2D eigenvalue weighted by molar-refractivity contribution is 0.584. The van der Waals surface area contributed by atoms with E-state index in [0.29, 0.717) is 4.90 Å². The average molecular weight is 323 g/mol. The van der Waals surface area contributed by atoms with E-state index in [1.807, 2.05) is 61.5 Å². The van der Waals surface area contributed by atoms with E-state index >= 15 is 0 Å². The summed E-state index contributed by atoms with van der Waals surface area (Å²) in [6.07, 6.45) is 0.753. The molecule has 0 bridgehead atoms. The van der Waals surface area contributed by atoms with Crippen LogP contribution in [0.25, 0.3) is 10.8 Å². The molecule has 0 saturated heterocycles. The van der Waals surface area contributed by atoms with Gasteiger partial charge in [-0.2, -0.15) is 0 Å². The fourth-order valence-electron chi connectivity index (χ4n) is 3.34. The third kappa shape index (κ3) is 2.21. The molecule has 4 rings (SSSR count). The Morgan fingerprint density at radius 2 is 1.61 bits per heavy atom. The Kier molecular flexibility index (Phi) is 3.16. The molecule has 0 radical (unpaired) electrons. The van der Waals surface area contributed by atoms with Crippen molar-refractivity contribution in [1.82, 2.24) is 0 Å². The maximum absolute atomic E-state index is 13.2. The Hall–Kier alpha value is -2.33. The number of benzene rings is 3. The number of rotatable bonds is 2. The fraction of sp³-hybridized carbons (Fsp3) is 0.158. The van der Waals surface area contributed by atoms with Crippen molar-refractivity contribution < 1.29 is 8.42 Å². The van der Waals surface area contributed by atoms with Gasteiger partial charge in [-0.1, -0.05) is 48.5 Å². The van der Waals surface area contributed by atoms with Crippen molar-refractivity contribution in [1.29, 1.82) is 0 Å². The van der Waals surface area contributed by atoms with Gasteiger partial charge in [-0.15, -0.1) is 0 Å². The van der Waals surface area contributed by atoms with Crippen LogP contribution in [0.3, 0.4) is 0 Å². The summed E-state index contributed by atoms with van der Waals surface area (Å²) >= 11 is 0. The molecule has 0 fully saturated rings. The van der Waals surface area contributed by atoms with Gasteiger partial charge in [0.25, 0.3) is 10.0 Å². The van der Waals surface area contributed by atoms with E-state index in [2.05, 4.69) is 0 Å². The maximum atomic E-state index is 13.2. The van der Waals surface area contributed by atoms with E-state index in [-0.39, 0.29) is 6.04 Å². The first-order valence-corrected chi connectivity index (χ1v) is 9.12. The molecular weight excluding hydrogens is 306 g/mol. The molecule has 0 N–H and O–H groups in total. The highest BCUT2D eigenvalue weighted by molar-refractivity contribution is 7.92. The summed E-state index contributed by atoms with van der Waals surface area (Å²) in [4.78, 5) is 0.347. The first-order chi connectivity index (χ1) is 11.1. The molecule has 0 saturated carbocycles. The Bertz CT molecular complexity index is 995. The number of nitrogens with zero attached hydrogens (tertiary/aromatic N) is 1. The summed E-state index contributed by atoms with van der Waals surface area (Å²) in [6, 6.07) is 20.8. The van der Waals surface area contributed by atoms with E-state index in [4.69, 9.17) is 0 Å². The second-order valence-corrected chi connectivity index (χ2v) is 7.81. The minimum atomic E-state index is -3.56. The Labute approximate surface area is 136 Å². The molecule has 23 heavy (non-hydrogen) atoms. The van der Waals surface area contributed by atoms with Crippen LogP contribution in [0.4, 0.5) is 5.69 Å². The van der Waals surface area contributed by atoms with Crippen LogP contribution < -0.4 is 4.31 Å². The highest BCUT2D eigenvalue weighted by Gasteiger charge is 2.35. The van der Waals surface area contributed by atoms with Crippen LogP contribution in [0.5, 0.6) is 0 Å². The second-order valence-electron chi connectivity index (χ2n) is 5.99. The van der Waals surface area contributed by atoms with E-state index in [9.17, 15) is 8.42 Å². The second kappa shape index (κ2) is 5.10. The predicted octanol–water partition coefficient (Wildman–Crippen LogP) is 3.98. The molecule has 1 atom stereocenters. The highest BCUT2D eigenvalue weighted by atomic mass is 32.2. The van der Waals surface area contributed by atoms with Gasteiger partial charge in [0.15, 0.2) is 0 Å². The summed E-state index contributed by atoms with van der Waals surface area (Å²) in [5, 5.41) is 1.98. The third-order valence-electron chi connectivity index (χ3n) is 4.42. The monoisotopic (exact) mass is 323 g/mol. The van der Waals surface area contributed by atoms with E-state index < -0.39 is 10.0 Å². The van der Waals surface area contributed by atoms with Crippen LogP contribution in [0, 0.1) is 0 Å². The summed E-state index contributed by atoms with van der Waals surface area (Å²) in [6.45, 7) is 1.96. The van der Waals surface area contributed by atoms with Crippen LogP contribution >= 0.6 is 0 Å². The lowest BCUT2D eigenvalue weighted by Gasteiger charge is -2.24. The SMILES string of the molecule is C[C@H]1Cc2ccccc2N1S(=O)(=O)c1ccc2ccccc2c1. The van der Waals surface area contributed by atoms with Crippen molar-refractivity contribution >= 4 is 26.5 Å². The van der Waals surface area contributed by atoms with Gasteiger partial charge in [0.2, 0.25) is 0 Å². The number of anilines is 1. The highest BCUT2D eigenvalue weighted by Crippen LogP contribution is 2.36. The van der Waals surface area contributed by atoms with Crippen LogP contribution in [-0.2, 0) is 16.4 Å². The summed E-state index contributed by atoms with van der Waals surface area (Å²) in [7, 11) is -3.56. The molecule has 0 aromatic heterocycles. The molecule has 0 unspecified atom stereocenters.